The number of nitriles is 1. The predicted molar refractivity (Wildman–Crippen MR) is 64.0 cm³/mol. The molecular formula is C11H8BrN3O. The monoisotopic (exact) mass is 277 g/mol. The molecule has 0 spiro atoms. The van der Waals surface area contributed by atoms with Crippen LogP contribution in [-0.2, 0) is 0 Å². The summed E-state index contributed by atoms with van der Waals surface area (Å²) in [6.45, 7) is 1.80. The first-order valence-corrected chi connectivity index (χ1v) is 5.35. The summed E-state index contributed by atoms with van der Waals surface area (Å²) in [7, 11) is 0. The van der Waals surface area contributed by atoms with Gasteiger partial charge >= 0.3 is 0 Å². The average Bonchev–Trinajstić information content (AvgIpc) is 2.57. The Morgan fingerprint density at radius 2 is 2.25 bits per heavy atom. The number of benzene rings is 1. The van der Waals surface area contributed by atoms with Gasteiger partial charge in [0.25, 0.3) is 5.91 Å². The molecule has 1 aromatic heterocycles. The summed E-state index contributed by atoms with van der Waals surface area (Å²) in [6, 6.07) is 5.50. The maximum atomic E-state index is 11.2. The highest BCUT2D eigenvalue weighted by Crippen LogP contribution is 2.29. The van der Waals surface area contributed by atoms with Crippen LogP contribution in [0.15, 0.2) is 16.6 Å². The topological polar surface area (TPSA) is 82.7 Å². The number of halogens is 1. The van der Waals surface area contributed by atoms with Crippen molar-refractivity contribution in [1.29, 1.82) is 5.26 Å². The molecule has 1 heterocycles. The smallest absolute Gasteiger partial charge is 0.265 e. The van der Waals surface area contributed by atoms with E-state index in [-0.39, 0.29) is 0 Å². The first-order chi connectivity index (χ1) is 7.54. The number of nitrogens with one attached hydrogen (secondary N) is 1. The van der Waals surface area contributed by atoms with Crippen LogP contribution in [0.5, 0.6) is 0 Å². The summed E-state index contributed by atoms with van der Waals surface area (Å²) in [5, 5.41) is 9.69. The van der Waals surface area contributed by atoms with Gasteiger partial charge in [0.1, 0.15) is 5.69 Å². The molecule has 4 nitrogen and oxygen atoms in total. The van der Waals surface area contributed by atoms with Crippen LogP contribution in [0.3, 0.4) is 0 Å². The number of aromatic nitrogens is 1. The minimum atomic E-state index is -0.501. The Morgan fingerprint density at radius 3 is 2.81 bits per heavy atom. The second kappa shape index (κ2) is 3.65. The Hall–Kier alpha value is -1.80. The maximum absolute atomic E-state index is 11.2. The predicted octanol–water partition coefficient (Wildman–Crippen LogP) is 2.21. The maximum Gasteiger partial charge on any atom is 0.265 e. The number of fused-ring (bicyclic) bond motifs is 1. The van der Waals surface area contributed by atoms with Gasteiger partial charge in [0.15, 0.2) is 0 Å². The Morgan fingerprint density at radius 1 is 1.56 bits per heavy atom. The molecule has 0 radical (unpaired) electrons. The number of carbonyl (C=O) groups excluding carboxylic acids is 1. The van der Waals surface area contributed by atoms with E-state index in [2.05, 4.69) is 27.0 Å². The molecule has 0 saturated heterocycles. The van der Waals surface area contributed by atoms with E-state index in [0.717, 1.165) is 20.9 Å². The van der Waals surface area contributed by atoms with Gasteiger partial charge in [0.2, 0.25) is 0 Å². The van der Waals surface area contributed by atoms with Crippen molar-refractivity contribution in [3.63, 3.8) is 0 Å². The molecule has 3 N–H and O–H groups in total. The molecule has 16 heavy (non-hydrogen) atoms. The number of nitrogens with two attached hydrogens (primary N) is 1. The summed E-state index contributed by atoms with van der Waals surface area (Å²) in [6.07, 6.45) is 0. The molecule has 0 aliphatic rings. The lowest BCUT2D eigenvalue weighted by Crippen LogP contribution is -2.12. The zero-order valence-corrected chi connectivity index (χ0v) is 10.1. The number of aryl methyl sites for hydroxylation is 1. The lowest BCUT2D eigenvalue weighted by atomic mass is 10.1. The molecule has 1 aromatic carbocycles. The van der Waals surface area contributed by atoms with Gasteiger partial charge in [0, 0.05) is 9.86 Å². The third-order valence-electron chi connectivity index (χ3n) is 2.49. The summed E-state index contributed by atoms with van der Waals surface area (Å²) in [5.74, 6) is -0.501. The molecule has 0 unspecified atom stereocenters. The van der Waals surface area contributed by atoms with E-state index in [1.165, 1.54) is 0 Å². The largest absolute Gasteiger partial charge is 0.364 e. The molecule has 0 saturated carbocycles. The average molecular weight is 278 g/mol. The lowest BCUT2D eigenvalue weighted by Gasteiger charge is -1.96. The van der Waals surface area contributed by atoms with Gasteiger partial charge in [0.05, 0.1) is 17.1 Å². The third-order valence-corrected chi connectivity index (χ3v) is 3.12. The standard InChI is InChI=1S/C11H8BrN3O/c1-5-7-2-6(4-13)3-8(12)10(7)15-9(5)11(14)16/h2-3,15H,1H3,(H2,14,16). The van der Waals surface area contributed by atoms with Gasteiger partial charge in [-0.05, 0) is 40.5 Å². The molecule has 2 aromatic rings. The van der Waals surface area contributed by atoms with E-state index < -0.39 is 5.91 Å². The summed E-state index contributed by atoms with van der Waals surface area (Å²) in [5.41, 5.74) is 7.72. The molecule has 1 amide bonds. The van der Waals surface area contributed by atoms with Gasteiger partial charge in [-0.1, -0.05) is 0 Å². The Kier molecular flexibility index (Phi) is 2.44. The number of amides is 1. The minimum absolute atomic E-state index is 0.380. The van der Waals surface area contributed by atoms with Crippen LogP contribution in [0.2, 0.25) is 0 Å². The number of nitrogens with zero attached hydrogens (tertiary/aromatic N) is 1. The fourth-order valence-electron chi connectivity index (χ4n) is 1.69. The van der Waals surface area contributed by atoms with Gasteiger partial charge in [-0.2, -0.15) is 5.26 Å². The number of hydrogen-bond acceptors (Lipinski definition) is 2. The summed E-state index contributed by atoms with van der Waals surface area (Å²) < 4.78 is 0.747. The second-order valence-electron chi connectivity index (χ2n) is 3.48. The van der Waals surface area contributed by atoms with E-state index in [9.17, 15) is 4.79 Å². The van der Waals surface area contributed by atoms with Gasteiger partial charge in [-0.3, -0.25) is 4.79 Å². The van der Waals surface area contributed by atoms with E-state index in [1.807, 2.05) is 0 Å². The number of rotatable bonds is 1. The first-order valence-electron chi connectivity index (χ1n) is 4.56. The zero-order valence-electron chi connectivity index (χ0n) is 8.47. The van der Waals surface area contributed by atoms with Crippen LogP contribution < -0.4 is 5.73 Å². The van der Waals surface area contributed by atoms with E-state index in [0.29, 0.717) is 11.3 Å². The van der Waals surface area contributed by atoms with Crippen molar-refractivity contribution in [3.8, 4) is 6.07 Å². The number of carbonyl (C=O) groups is 1. The van der Waals surface area contributed by atoms with Gasteiger partial charge < -0.3 is 10.7 Å². The molecule has 0 aliphatic carbocycles. The molecular weight excluding hydrogens is 270 g/mol. The van der Waals surface area contributed by atoms with Crippen LogP contribution in [0.4, 0.5) is 0 Å². The molecule has 5 heteroatoms. The molecule has 0 fully saturated rings. The van der Waals surface area contributed by atoms with E-state index >= 15 is 0 Å². The number of H-pyrrole nitrogens is 1. The Bertz CT molecular complexity index is 637. The fraction of sp³-hybridized carbons (Fsp3) is 0.0909. The highest BCUT2D eigenvalue weighted by Gasteiger charge is 2.14. The van der Waals surface area contributed by atoms with Crippen molar-refractivity contribution in [3.05, 3.63) is 33.4 Å². The quantitative estimate of drug-likeness (QED) is 0.838. The summed E-state index contributed by atoms with van der Waals surface area (Å²) >= 11 is 3.35. The van der Waals surface area contributed by atoms with Crippen LogP contribution in [0.1, 0.15) is 21.6 Å². The number of hydrogen-bond donors (Lipinski definition) is 2. The third kappa shape index (κ3) is 1.48. The van der Waals surface area contributed by atoms with Crippen LogP contribution in [0, 0.1) is 18.3 Å². The lowest BCUT2D eigenvalue weighted by molar-refractivity contribution is 0.0996. The van der Waals surface area contributed by atoms with Crippen molar-refractivity contribution < 1.29 is 4.79 Å². The molecule has 0 atom stereocenters. The Labute approximate surface area is 100 Å². The van der Waals surface area contributed by atoms with E-state index in [1.54, 1.807) is 19.1 Å². The van der Waals surface area contributed by atoms with Crippen molar-refractivity contribution in [2.75, 3.05) is 0 Å². The van der Waals surface area contributed by atoms with Crippen molar-refractivity contribution >= 4 is 32.7 Å². The Balaban J connectivity index is 2.88. The van der Waals surface area contributed by atoms with Crippen molar-refractivity contribution in [2.24, 2.45) is 5.73 Å². The zero-order chi connectivity index (χ0) is 11.9. The van der Waals surface area contributed by atoms with Crippen LogP contribution in [-0.4, -0.2) is 10.9 Å². The molecule has 80 valence electrons. The number of primary amides is 1. The van der Waals surface area contributed by atoms with E-state index in [4.69, 9.17) is 11.0 Å². The normalized spacial score (nSPS) is 10.3. The first kappa shape index (κ1) is 10.7. The fourth-order valence-corrected chi connectivity index (χ4v) is 2.25. The van der Waals surface area contributed by atoms with Gasteiger partial charge in [-0.15, -0.1) is 0 Å². The van der Waals surface area contributed by atoms with Crippen LogP contribution >= 0.6 is 15.9 Å². The number of aromatic amines is 1. The molecule has 0 bridgehead atoms. The van der Waals surface area contributed by atoms with Crippen molar-refractivity contribution in [2.45, 2.75) is 6.92 Å². The molecule has 2 rings (SSSR count). The summed E-state index contributed by atoms with van der Waals surface area (Å²) in [4.78, 5) is 14.1. The van der Waals surface area contributed by atoms with Crippen molar-refractivity contribution in [1.82, 2.24) is 4.98 Å². The van der Waals surface area contributed by atoms with Crippen LogP contribution in [0.25, 0.3) is 10.9 Å². The minimum Gasteiger partial charge on any atom is -0.364 e. The highest BCUT2D eigenvalue weighted by atomic mass is 79.9. The highest BCUT2D eigenvalue weighted by molar-refractivity contribution is 9.10. The SMILES string of the molecule is Cc1c(C(N)=O)[nH]c2c(Br)cc(C#N)cc12. The van der Waals surface area contributed by atoms with Gasteiger partial charge in [-0.25, -0.2) is 0 Å². The second-order valence-corrected chi connectivity index (χ2v) is 4.34. The molecule has 0 aliphatic heterocycles.